The number of carbonyl (C=O) groups excluding carboxylic acids is 1. The zero-order chi connectivity index (χ0) is 14.3. The molecule has 1 amide bonds. The minimum Gasteiger partial charge on any atom is -0.349 e. The first-order chi connectivity index (χ1) is 9.56. The molecule has 5 nitrogen and oxygen atoms in total. The van der Waals surface area contributed by atoms with Gasteiger partial charge in [-0.2, -0.15) is 0 Å². The van der Waals surface area contributed by atoms with E-state index in [9.17, 15) is 14.9 Å². The molecule has 2 fully saturated rings. The van der Waals surface area contributed by atoms with Crippen LogP contribution in [0.3, 0.4) is 0 Å². The van der Waals surface area contributed by atoms with Gasteiger partial charge in [0.15, 0.2) is 0 Å². The van der Waals surface area contributed by atoms with Crippen molar-refractivity contribution in [3.8, 4) is 0 Å². The van der Waals surface area contributed by atoms with Crippen LogP contribution in [0.4, 0.5) is 5.69 Å². The van der Waals surface area contributed by atoms with Crippen molar-refractivity contribution in [1.29, 1.82) is 0 Å². The lowest BCUT2D eigenvalue weighted by molar-refractivity contribution is -0.385. The molecule has 0 heterocycles. The second-order valence-corrected chi connectivity index (χ2v) is 5.96. The van der Waals surface area contributed by atoms with Gasteiger partial charge >= 0.3 is 0 Å². The van der Waals surface area contributed by atoms with Crippen molar-refractivity contribution < 1.29 is 9.72 Å². The number of nitro benzene ring substituents is 1. The van der Waals surface area contributed by atoms with Crippen LogP contribution < -0.4 is 5.32 Å². The van der Waals surface area contributed by atoms with Gasteiger partial charge in [0.1, 0.15) is 0 Å². The Morgan fingerprint density at radius 3 is 2.75 bits per heavy atom. The lowest BCUT2D eigenvalue weighted by atomic mass is 9.95. The van der Waals surface area contributed by atoms with E-state index in [2.05, 4.69) is 5.32 Å². The van der Waals surface area contributed by atoms with Crippen molar-refractivity contribution in [3.63, 3.8) is 0 Å². The summed E-state index contributed by atoms with van der Waals surface area (Å²) in [5.74, 6) is 1.18. The fraction of sp³-hybridized carbons (Fsp3) is 0.533. The number of carbonyl (C=O) groups is 1. The minimum absolute atomic E-state index is 0.00518. The molecular weight excluding hydrogens is 256 g/mol. The number of hydrogen-bond donors (Lipinski definition) is 1. The first kappa shape index (κ1) is 13.1. The molecule has 0 radical (unpaired) electrons. The summed E-state index contributed by atoms with van der Waals surface area (Å²) in [7, 11) is 0. The first-order valence-electron chi connectivity index (χ1n) is 7.11. The van der Waals surface area contributed by atoms with E-state index in [0.29, 0.717) is 17.0 Å². The summed E-state index contributed by atoms with van der Waals surface area (Å²) in [5, 5.41) is 14.0. The minimum atomic E-state index is -0.441. The van der Waals surface area contributed by atoms with E-state index in [1.807, 2.05) is 0 Å². The van der Waals surface area contributed by atoms with Gasteiger partial charge < -0.3 is 5.32 Å². The second kappa shape index (κ2) is 4.89. The Balaban J connectivity index is 1.77. The predicted molar refractivity (Wildman–Crippen MR) is 74.5 cm³/mol. The highest BCUT2D eigenvalue weighted by molar-refractivity contribution is 5.96. The van der Waals surface area contributed by atoms with Crippen LogP contribution in [0.1, 0.15) is 41.6 Å². The molecule has 0 saturated heterocycles. The molecule has 1 aromatic rings. The Labute approximate surface area is 117 Å². The first-order valence-corrected chi connectivity index (χ1v) is 7.11. The van der Waals surface area contributed by atoms with Gasteiger partial charge in [0.2, 0.25) is 0 Å². The molecule has 2 saturated carbocycles. The second-order valence-electron chi connectivity index (χ2n) is 5.96. The molecule has 0 aromatic heterocycles. The molecule has 2 bridgehead atoms. The fourth-order valence-electron chi connectivity index (χ4n) is 3.73. The van der Waals surface area contributed by atoms with Gasteiger partial charge in [-0.15, -0.1) is 0 Å². The molecule has 1 N–H and O–H groups in total. The highest BCUT2D eigenvalue weighted by Crippen LogP contribution is 2.44. The van der Waals surface area contributed by atoms with Gasteiger partial charge in [-0.1, -0.05) is 12.5 Å². The molecular formula is C15H18N2O3. The Kier molecular flexibility index (Phi) is 3.20. The van der Waals surface area contributed by atoms with Gasteiger partial charge in [-0.3, -0.25) is 14.9 Å². The normalized spacial score (nSPS) is 27.6. The number of nitro groups is 1. The third kappa shape index (κ3) is 2.17. The number of rotatable bonds is 3. The number of benzene rings is 1. The van der Waals surface area contributed by atoms with Crippen LogP contribution in [0.15, 0.2) is 18.2 Å². The summed E-state index contributed by atoms with van der Waals surface area (Å²) >= 11 is 0. The van der Waals surface area contributed by atoms with Crippen LogP contribution in [-0.4, -0.2) is 16.9 Å². The van der Waals surface area contributed by atoms with Crippen LogP contribution in [0.25, 0.3) is 0 Å². The summed E-state index contributed by atoms with van der Waals surface area (Å²) in [5.41, 5.74) is 0.866. The summed E-state index contributed by atoms with van der Waals surface area (Å²) < 4.78 is 0. The predicted octanol–water partition coefficient (Wildman–Crippen LogP) is 2.82. The highest BCUT2D eigenvalue weighted by Gasteiger charge is 2.40. The molecule has 1 aromatic carbocycles. The molecule has 5 heteroatoms. The van der Waals surface area contributed by atoms with Crippen molar-refractivity contribution in [2.45, 2.75) is 38.6 Å². The van der Waals surface area contributed by atoms with Crippen molar-refractivity contribution in [3.05, 3.63) is 39.4 Å². The van der Waals surface area contributed by atoms with E-state index in [1.54, 1.807) is 19.1 Å². The molecule has 0 spiro atoms. The number of fused-ring (bicyclic) bond motifs is 2. The van der Waals surface area contributed by atoms with Gasteiger partial charge in [-0.05, 0) is 44.1 Å². The highest BCUT2D eigenvalue weighted by atomic mass is 16.6. The molecule has 0 aliphatic heterocycles. The lowest BCUT2D eigenvalue weighted by Gasteiger charge is -2.23. The van der Waals surface area contributed by atoms with E-state index in [1.165, 1.54) is 25.3 Å². The maximum atomic E-state index is 12.3. The smallest absolute Gasteiger partial charge is 0.273 e. The Bertz CT molecular complexity index is 570. The van der Waals surface area contributed by atoms with Crippen LogP contribution >= 0.6 is 0 Å². The molecule has 0 unspecified atom stereocenters. The summed E-state index contributed by atoms with van der Waals surface area (Å²) in [6.07, 6.45) is 4.76. The maximum Gasteiger partial charge on any atom is 0.273 e. The van der Waals surface area contributed by atoms with Gasteiger partial charge in [0.05, 0.1) is 4.92 Å². The van der Waals surface area contributed by atoms with E-state index < -0.39 is 4.92 Å². The Morgan fingerprint density at radius 1 is 1.35 bits per heavy atom. The lowest BCUT2D eigenvalue weighted by Crippen LogP contribution is -2.38. The van der Waals surface area contributed by atoms with Crippen molar-refractivity contribution in [1.82, 2.24) is 5.32 Å². The molecule has 2 aliphatic carbocycles. The van der Waals surface area contributed by atoms with Gasteiger partial charge in [-0.25, -0.2) is 0 Å². The average Bonchev–Trinajstić information content (AvgIpc) is 3.00. The van der Waals surface area contributed by atoms with Crippen LogP contribution in [-0.2, 0) is 0 Å². The maximum absolute atomic E-state index is 12.3. The SMILES string of the molecule is Cc1c(C(=O)N[C@@H]2C[C@H]3CC[C@H]2C3)cccc1[N+](=O)[O-]. The molecule has 3 rings (SSSR count). The van der Waals surface area contributed by atoms with E-state index in [0.717, 1.165) is 12.3 Å². The third-order valence-electron chi connectivity index (χ3n) is 4.80. The van der Waals surface area contributed by atoms with E-state index >= 15 is 0 Å². The topological polar surface area (TPSA) is 72.2 Å². The van der Waals surface area contributed by atoms with Gasteiger partial charge in [0.25, 0.3) is 11.6 Å². The zero-order valence-corrected chi connectivity index (χ0v) is 11.5. The average molecular weight is 274 g/mol. The van der Waals surface area contributed by atoms with Crippen LogP contribution in [0.5, 0.6) is 0 Å². The standard InChI is InChI=1S/C15H18N2O3/c1-9-12(3-2-4-14(9)17(19)20)15(18)16-13-8-10-5-6-11(13)7-10/h2-4,10-11,13H,5-8H2,1H3,(H,16,18)/t10-,11-,13+/m0/s1. The molecule has 20 heavy (non-hydrogen) atoms. The Morgan fingerprint density at radius 2 is 2.15 bits per heavy atom. The Hall–Kier alpha value is -1.91. The number of nitrogens with one attached hydrogen (secondary N) is 1. The largest absolute Gasteiger partial charge is 0.349 e. The van der Waals surface area contributed by atoms with Gasteiger partial charge in [0, 0.05) is 23.2 Å². The summed E-state index contributed by atoms with van der Waals surface area (Å²) in [6.45, 7) is 1.63. The number of nitrogens with zero attached hydrogens (tertiary/aromatic N) is 1. The number of amides is 1. The summed E-state index contributed by atoms with van der Waals surface area (Å²) in [4.78, 5) is 22.8. The molecule has 2 aliphatic rings. The van der Waals surface area contributed by atoms with Crippen molar-refractivity contribution in [2.24, 2.45) is 11.8 Å². The number of hydrogen-bond acceptors (Lipinski definition) is 3. The zero-order valence-electron chi connectivity index (χ0n) is 11.5. The quantitative estimate of drug-likeness (QED) is 0.680. The van der Waals surface area contributed by atoms with Crippen molar-refractivity contribution >= 4 is 11.6 Å². The molecule has 106 valence electrons. The molecule has 3 atom stereocenters. The van der Waals surface area contributed by atoms with Crippen molar-refractivity contribution in [2.75, 3.05) is 0 Å². The fourth-order valence-corrected chi connectivity index (χ4v) is 3.73. The van der Waals surface area contributed by atoms with Crippen LogP contribution in [0.2, 0.25) is 0 Å². The summed E-state index contributed by atoms with van der Waals surface area (Å²) in [6, 6.07) is 4.91. The monoisotopic (exact) mass is 274 g/mol. The van der Waals surface area contributed by atoms with E-state index in [4.69, 9.17) is 0 Å². The van der Waals surface area contributed by atoms with E-state index in [-0.39, 0.29) is 17.6 Å². The van der Waals surface area contributed by atoms with Crippen LogP contribution in [0, 0.1) is 28.9 Å². The third-order valence-corrected chi connectivity index (χ3v) is 4.80.